The number of rotatable bonds is 6. The van der Waals surface area contributed by atoms with E-state index >= 15 is 0 Å². The molecule has 1 amide bonds. The minimum absolute atomic E-state index is 0.0267. The van der Waals surface area contributed by atoms with Crippen LogP contribution in [0.2, 0.25) is 0 Å². The van der Waals surface area contributed by atoms with Crippen molar-refractivity contribution in [3.8, 4) is 0 Å². The summed E-state index contributed by atoms with van der Waals surface area (Å²) in [6.45, 7) is 1.66. The summed E-state index contributed by atoms with van der Waals surface area (Å²) in [5.74, 6) is -2.28. The fourth-order valence-electron chi connectivity index (χ4n) is 1.82. The number of hydrogen-bond donors (Lipinski definition) is 2. The van der Waals surface area contributed by atoms with E-state index in [1.165, 1.54) is 6.07 Å². The number of carbonyl (C=O) groups excluding carboxylic acids is 1. The van der Waals surface area contributed by atoms with E-state index in [2.05, 4.69) is 20.5 Å². The van der Waals surface area contributed by atoms with Gasteiger partial charge in [0, 0.05) is 18.7 Å². The van der Waals surface area contributed by atoms with Crippen LogP contribution >= 0.6 is 0 Å². The molecule has 122 valence electrons. The van der Waals surface area contributed by atoms with Crippen molar-refractivity contribution in [2.45, 2.75) is 0 Å². The summed E-state index contributed by atoms with van der Waals surface area (Å²) in [6.07, 6.45) is 1.59. The van der Waals surface area contributed by atoms with Gasteiger partial charge < -0.3 is 15.5 Å². The Morgan fingerprint density at radius 1 is 1.17 bits per heavy atom. The SMILES string of the molecule is CN(C)CCNc1ccc(NC(=O)c2ccc(F)c(F)c2)nc1. The van der Waals surface area contributed by atoms with Crippen LogP contribution in [-0.2, 0) is 0 Å². The molecule has 0 radical (unpaired) electrons. The van der Waals surface area contributed by atoms with Gasteiger partial charge in [-0.25, -0.2) is 13.8 Å². The topological polar surface area (TPSA) is 57.3 Å². The molecular formula is C16H18F2N4O. The molecule has 0 unspecified atom stereocenters. The molecule has 0 spiro atoms. The summed E-state index contributed by atoms with van der Waals surface area (Å²) < 4.78 is 26.0. The molecule has 0 saturated carbocycles. The first-order valence-electron chi connectivity index (χ1n) is 7.07. The van der Waals surface area contributed by atoms with Gasteiger partial charge in [-0.3, -0.25) is 4.79 Å². The van der Waals surface area contributed by atoms with Crippen molar-refractivity contribution in [1.29, 1.82) is 0 Å². The van der Waals surface area contributed by atoms with E-state index in [1.807, 2.05) is 14.1 Å². The highest BCUT2D eigenvalue weighted by Gasteiger charge is 2.10. The molecule has 0 atom stereocenters. The molecule has 1 heterocycles. The number of pyridine rings is 1. The summed E-state index contributed by atoms with van der Waals surface area (Å²) in [5, 5.41) is 5.73. The Morgan fingerprint density at radius 3 is 2.57 bits per heavy atom. The van der Waals surface area contributed by atoms with E-state index < -0.39 is 17.5 Å². The molecule has 2 rings (SSSR count). The van der Waals surface area contributed by atoms with Crippen LogP contribution in [0.3, 0.4) is 0 Å². The third kappa shape index (κ3) is 5.00. The number of amides is 1. The van der Waals surface area contributed by atoms with Crippen molar-refractivity contribution in [3.05, 3.63) is 53.7 Å². The second-order valence-corrected chi connectivity index (χ2v) is 5.25. The number of carbonyl (C=O) groups is 1. The zero-order valence-electron chi connectivity index (χ0n) is 12.9. The van der Waals surface area contributed by atoms with Crippen molar-refractivity contribution in [1.82, 2.24) is 9.88 Å². The lowest BCUT2D eigenvalue weighted by atomic mass is 10.2. The van der Waals surface area contributed by atoms with Crippen LogP contribution in [-0.4, -0.2) is 43.0 Å². The van der Waals surface area contributed by atoms with Crippen molar-refractivity contribution in [2.24, 2.45) is 0 Å². The van der Waals surface area contributed by atoms with Gasteiger partial charge in [-0.15, -0.1) is 0 Å². The zero-order valence-corrected chi connectivity index (χ0v) is 12.9. The van der Waals surface area contributed by atoms with Crippen LogP contribution in [0.25, 0.3) is 0 Å². The predicted molar refractivity (Wildman–Crippen MR) is 85.6 cm³/mol. The average Bonchev–Trinajstić information content (AvgIpc) is 2.51. The third-order valence-corrected chi connectivity index (χ3v) is 3.08. The summed E-state index contributed by atoms with van der Waals surface area (Å²) >= 11 is 0. The molecule has 2 N–H and O–H groups in total. The first-order valence-corrected chi connectivity index (χ1v) is 7.07. The molecule has 2 aromatic rings. The summed E-state index contributed by atoms with van der Waals surface area (Å²) in [6, 6.07) is 6.39. The fraction of sp³-hybridized carbons (Fsp3) is 0.250. The molecule has 0 aliphatic rings. The molecule has 0 saturated heterocycles. The molecule has 5 nitrogen and oxygen atoms in total. The number of benzene rings is 1. The molecule has 23 heavy (non-hydrogen) atoms. The van der Waals surface area contributed by atoms with E-state index in [1.54, 1.807) is 18.3 Å². The van der Waals surface area contributed by atoms with Gasteiger partial charge in [0.25, 0.3) is 5.91 Å². The summed E-state index contributed by atoms with van der Waals surface area (Å²) in [5.41, 5.74) is 0.858. The van der Waals surface area contributed by atoms with Crippen molar-refractivity contribution in [3.63, 3.8) is 0 Å². The number of nitrogens with zero attached hydrogens (tertiary/aromatic N) is 2. The molecular weight excluding hydrogens is 302 g/mol. The minimum atomic E-state index is -1.06. The highest BCUT2D eigenvalue weighted by molar-refractivity contribution is 6.03. The van der Waals surface area contributed by atoms with Gasteiger partial charge in [0.2, 0.25) is 0 Å². The summed E-state index contributed by atoms with van der Waals surface area (Å²) in [4.78, 5) is 18.1. The third-order valence-electron chi connectivity index (χ3n) is 3.08. The Balaban J connectivity index is 1.94. The summed E-state index contributed by atoms with van der Waals surface area (Å²) in [7, 11) is 3.97. The number of likely N-dealkylation sites (N-methyl/N-ethyl adjacent to an activating group) is 1. The lowest BCUT2D eigenvalue weighted by Gasteiger charge is -2.11. The van der Waals surface area contributed by atoms with Crippen molar-refractivity contribution >= 4 is 17.4 Å². The Labute approximate surface area is 133 Å². The first kappa shape index (κ1) is 16.8. The predicted octanol–water partition coefficient (Wildman–Crippen LogP) is 2.59. The van der Waals surface area contributed by atoms with Gasteiger partial charge in [-0.05, 0) is 44.4 Å². The molecule has 7 heteroatoms. The number of anilines is 2. The van der Waals surface area contributed by atoms with Crippen LogP contribution in [0.15, 0.2) is 36.5 Å². The van der Waals surface area contributed by atoms with Gasteiger partial charge in [-0.2, -0.15) is 0 Å². The van der Waals surface area contributed by atoms with Crippen LogP contribution < -0.4 is 10.6 Å². The lowest BCUT2D eigenvalue weighted by molar-refractivity contribution is 0.102. The highest BCUT2D eigenvalue weighted by Crippen LogP contribution is 2.13. The molecule has 0 fully saturated rings. The molecule has 0 bridgehead atoms. The first-order chi connectivity index (χ1) is 11.0. The Kier molecular flexibility index (Phi) is 5.59. The molecule has 0 aliphatic heterocycles. The van der Waals surface area contributed by atoms with Gasteiger partial charge in [0.05, 0.1) is 11.9 Å². The second-order valence-electron chi connectivity index (χ2n) is 5.25. The average molecular weight is 320 g/mol. The smallest absolute Gasteiger partial charge is 0.256 e. The van der Waals surface area contributed by atoms with E-state index in [4.69, 9.17) is 0 Å². The van der Waals surface area contributed by atoms with Gasteiger partial charge >= 0.3 is 0 Å². The van der Waals surface area contributed by atoms with Crippen LogP contribution in [0.1, 0.15) is 10.4 Å². The van der Waals surface area contributed by atoms with Gasteiger partial charge in [0.15, 0.2) is 11.6 Å². The monoisotopic (exact) mass is 320 g/mol. The molecule has 0 aliphatic carbocycles. The largest absolute Gasteiger partial charge is 0.383 e. The quantitative estimate of drug-likeness (QED) is 0.859. The second kappa shape index (κ2) is 7.64. The molecule has 1 aromatic carbocycles. The van der Waals surface area contributed by atoms with E-state index in [9.17, 15) is 13.6 Å². The zero-order chi connectivity index (χ0) is 16.8. The van der Waals surface area contributed by atoms with E-state index in [0.29, 0.717) is 5.82 Å². The number of halogens is 2. The van der Waals surface area contributed by atoms with Crippen molar-refractivity contribution < 1.29 is 13.6 Å². The maximum Gasteiger partial charge on any atom is 0.256 e. The Bertz CT molecular complexity index is 674. The van der Waals surface area contributed by atoms with Crippen LogP contribution in [0, 0.1) is 11.6 Å². The Morgan fingerprint density at radius 2 is 1.96 bits per heavy atom. The maximum atomic E-state index is 13.1. The minimum Gasteiger partial charge on any atom is -0.383 e. The highest BCUT2D eigenvalue weighted by atomic mass is 19.2. The Hall–Kier alpha value is -2.54. The lowest BCUT2D eigenvalue weighted by Crippen LogP contribution is -2.20. The van der Waals surface area contributed by atoms with E-state index in [0.717, 1.165) is 30.9 Å². The van der Waals surface area contributed by atoms with Gasteiger partial charge in [-0.1, -0.05) is 0 Å². The van der Waals surface area contributed by atoms with E-state index in [-0.39, 0.29) is 5.56 Å². The van der Waals surface area contributed by atoms with Crippen LogP contribution in [0.5, 0.6) is 0 Å². The fourth-order valence-corrected chi connectivity index (χ4v) is 1.82. The molecule has 1 aromatic heterocycles. The maximum absolute atomic E-state index is 13.1. The van der Waals surface area contributed by atoms with Crippen LogP contribution in [0.4, 0.5) is 20.3 Å². The number of nitrogens with one attached hydrogen (secondary N) is 2. The van der Waals surface area contributed by atoms with Gasteiger partial charge in [0.1, 0.15) is 5.82 Å². The standard InChI is InChI=1S/C16H18F2N4O/c1-22(2)8-7-19-12-4-6-15(20-10-12)21-16(23)11-3-5-13(17)14(18)9-11/h3-6,9-10,19H,7-8H2,1-2H3,(H,20,21,23). The normalized spacial score (nSPS) is 10.7. The number of aromatic nitrogens is 1. The van der Waals surface area contributed by atoms with Crippen molar-refractivity contribution in [2.75, 3.05) is 37.8 Å². The number of hydrogen-bond acceptors (Lipinski definition) is 4.